The van der Waals surface area contributed by atoms with Gasteiger partial charge in [0.25, 0.3) is 0 Å². The molecule has 1 aliphatic carbocycles. The summed E-state index contributed by atoms with van der Waals surface area (Å²) in [5, 5.41) is 3.87. The minimum absolute atomic E-state index is 0.283. The molecule has 5 heteroatoms. The number of rotatable bonds is 4. The fourth-order valence-electron chi connectivity index (χ4n) is 2.24. The van der Waals surface area contributed by atoms with E-state index in [-0.39, 0.29) is 5.54 Å². The van der Waals surface area contributed by atoms with Crippen molar-refractivity contribution >= 4 is 17.4 Å². The van der Waals surface area contributed by atoms with Crippen LogP contribution in [0.2, 0.25) is 5.15 Å². The molecule has 17 heavy (non-hydrogen) atoms. The van der Waals surface area contributed by atoms with Crippen molar-refractivity contribution in [1.82, 2.24) is 14.9 Å². The largest absolute Gasteiger partial charge is 0.368 e. The number of hydrogen-bond acceptors (Lipinski definition) is 4. The Morgan fingerprint density at radius 2 is 2.12 bits per heavy atom. The molecular weight excluding hydrogens is 236 g/mol. The summed E-state index contributed by atoms with van der Waals surface area (Å²) in [7, 11) is 4.28. The quantitative estimate of drug-likeness (QED) is 0.838. The van der Waals surface area contributed by atoms with E-state index in [0.717, 1.165) is 12.4 Å². The average Bonchev–Trinajstić information content (AvgIpc) is 2.13. The van der Waals surface area contributed by atoms with E-state index in [1.54, 1.807) is 6.07 Å². The molecule has 94 valence electrons. The zero-order valence-corrected chi connectivity index (χ0v) is 11.4. The van der Waals surface area contributed by atoms with Crippen LogP contribution in [-0.2, 0) is 0 Å². The normalized spacial score (nSPS) is 17.9. The number of likely N-dealkylation sites (N-methyl/N-ethyl adjacent to an activating group) is 1. The Bertz CT molecular complexity index is 381. The van der Waals surface area contributed by atoms with Crippen LogP contribution in [0.1, 0.15) is 25.1 Å². The second kappa shape index (κ2) is 4.78. The van der Waals surface area contributed by atoms with Crippen LogP contribution in [0.3, 0.4) is 0 Å². The van der Waals surface area contributed by atoms with Crippen molar-refractivity contribution in [3.63, 3.8) is 0 Å². The summed E-state index contributed by atoms with van der Waals surface area (Å²) in [6.45, 7) is 2.76. The molecule has 1 aliphatic rings. The Morgan fingerprint density at radius 3 is 2.59 bits per heavy atom. The highest BCUT2D eigenvalue weighted by atomic mass is 35.5. The smallest absolute Gasteiger partial charge is 0.134 e. The number of hydrogen-bond donors (Lipinski definition) is 1. The highest BCUT2D eigenvalue weighted by Gasteiger charge is 2.38. The molecule has 1 aromatic rings. The molecule has 1 heterocycles. The number of anilines is 1. The molecule has 0 aliphatic heterocycles. The van der Waals surface area contributed by atoms with Gasteiger partial charge in [0.2, 0.25) is 0 Å². The maximum atomic E-state index is 5.91. The predicted molar refractivity (Wildman–Crippen MR) is 70.5 cm³/mol. The highest BCUT2D eigenvalue weighted by molar-refractivity contribution is 6.29. The summed E-state index contributed by atoms with van der Waals surface area (Å²) >= 11 is 5.91. The fraction of sp³-hybridized carbons (Fsp3) is 0.667. The third-order valence-electron chi connectivity index (χ3n) is 3.64. The highest BCUT2D eigenvalue weighted by Crippen LogP contribution is 2.36. The molecule has 1 aromatic heterocycles. The number of aromatic nitrogens is 2. The standard InChI is InChI=1S/C12H19ClN4/c1-9-15-10(13)7-11(16-9)14-8-12(17(2)3)5-4-6-12/h7H,4-6,8H2,1-3H3,(H,14,15,16). The predicted octanol–water partition coefficient (Wildman–Crippen LogP) is 2.33. The number of nitrogens with one attached hydrogen (secondary N) is 1. The lowest BCUT2D eigenvalue weighted by Gasteiger charge is -2.47. The van der Waals surface area contributed by atoms with E-state index in [1.807, 2.05) is 6.92 Å². The molecule has 0 radical (unpaired) electrons. The summed E-state index contributed by atoms with van der Waals surface area (Å²) in [6.07, 6.45) is 3.79. The van der Waals surface area contributed by atoms with Crippen molar-refractivity contribution in [2.24, 2.45) is 0 Å². The second-order valence-electron chi connectivity index (χ2n) is 4.95. The zero-order valence-electron chi connectivity index (χ0n) is 10.6. The molecule has 0 spiro atoms. The average molecular weight is 255 g/mol. The van der Waals surface area contributed by atoms with Gasteiger partial charge in [-0.2, -0.15) is 0 Å². The molecule has 0 atom stereocenters. The number of aryl methyl sites for hydroxylation is 1. The molecule has 0 bridgehead atoms. The summed E-state index contributed by atoms with van der Waals surface area (Å²) < 4.78 is 0. The van der Waals surface area contributed by atoms with Gasteiger partial charge in [-0.1, -0.05) is 11.6 Å². The monoisotopic (exact) mass is 254 g/mol. The van der Waals surface area contributed by atoms with E-state index in [9.17, 15) is 0 Å². The first-order valence-corrected chi connectivity index (χ1v) is 6.32. The van der Waals surface area contributed by atoms with Crippen LogP contribution in [0.4, 0.5) is 5.82 Å². The maximum Gasteiger partial charge on any atom is 0.134 e. The third-order valence-corrected chi connectivity index (χ3v) is 3.83. The maximum absolute atomic E-state index is 5.91. The van der Waals surface area contributed by atoms with Gasteiger partial charge in [0.15, 0.2) is 0 Å². The molecule has 0 aromatic carbocycles. The lowest BCUT2D eigenvalue weighted by Crippen LogP contribution is -2.54. The molecule has 1 N–H and O–H groups in total. The van der Waals surface area contributed by atoms with Crippen LogP contribution in [0.5, 0.6) is 0 Å². The van der Waals surface area contributed by atoms with Crippen molar-refractivity contribution in [3.8, 4) is 0 Å². The van der Waals surface area contributed by atoms with E-state index in [0.29, 0.717) is 11.0 Å². The summed E-state index contributed by atoms with van der Waals surface area (Å²) in [5.41, 5.74) is 0.283. The van der Waals surface area contributed by atoms with Crippen LogP contribution in [-0.4, -0.2) is 41.0 Å². The Hall–Kier alpha value is -0.870. The summed E-state index contributed by atoms with van der Waals surface area (Å²) in [5.74, 6) is 1.52. The first-order chi connectivity index (χ1) is 8.02. The van der Waals surface area contributed by atoms with Crippen molar-refractivity contribution in [2.45, 2.75) is 31.7 Å². The van der Waals surface area contributed by atoms with Gasteiger partial charge in [-0.15, -0.1) is 0 Å². The van der Waals surface area contributed by atoms with Gasteiger partial charge in [0, 0.05) is 18.2 Å². The molecule has 0 saturated heterocycles. The van der Waals surface area contributed by atoms with E-state index in [2.05, 4.69) is 34.3 Å². The minimum Gasteiger partial charge on any atom is -0.368 e. The van der Waals surface area contributed by atoms with Gasteiger partial charge >= 0.3 is 0 Å². The molecule has 2 rings (SSSR count). The topological polar surface area (TPSA) is 41.1 Å². The molecule has 1 fully saturated rings. The molecule has 4 nitrogen and oxygen atoms in total. The zero-order chi connectivity index (χ0) is 12.5. The van der Waals surface area contributed by atoms with Crippen LogP contribution in [0.25, 0.3) is 0 Å². The number of halogens is 1. The first kappa shape index (κ1) is 12.6. The van der Waals surface area contributed by atoms with Crippen LogP contribution in [0, 0.1) is 6.92 Å². The van der Waals surface area contributed by atoms with E-state index < -0.39 is 0 Å². The Morgan fingerprint density at radius 1 is 1.41 bits per heavy atom. The fourth-order valence-corrected chi connectivity index (χ4v) is 2.47. The lowest BCUT2D eigenvalue weighted by molar-refractivity contribution is 0.0738. The van der Waals surface area contributed by atoms with Gasteiger partial charge in [0.1, 0.15) is 16.8 Å². The SMILES string of the molecule is Cc1nc(Cl)cc(NCC2(N(C)C)CCC2)n1. The van der Waals surface area contributed by atoms with Gasteiger partial charge in [0.05, 0.1) is 0 Å². The van der Waals surface area contributed by atoms with Crippen LogP contribution < -0.4 is 5.32 Å². The van der Waals surface area contributed by atoms with E-state index in [1.165, 1.54) is 19.3 Å². The number of nitrogens with zero attached hydrogens (tertiary/aromatic N) is 3. The van der Waals surface area contributed by atoms with Crippen molar-refractivity contribution in [3.05, 3.63) is 17.0 Å². The summed E-state index contributed by atoms with van der Waals surface area (Å²) in [6, 6.07) is 1.77. The molecule has 0 amide bonds. The van der Waals surface area contributed by atoms with Crippen molar-refractivity contribution in [2.75, 3.05) is 26.0 Å². The van der Waals surface area contributed by atoms with E-state index in [4.69, 9.17) is 11.6 Å². The van der Waals surface area contributed by atoms with Gasteiger partial charge in [-0.25, -0.2) is 9.97 Å². The van der Waals surface area contributed by atoms with E-state index >= 15 is 0 Å². The lowest BCUT2D eigenvalue weighted by atomic mass is 9.75. The molecule has 1 saturated carbocycles. The molecular formula is C12H19ClN4. The van der Waals surface area contributed by atoms with Gasteiger partial charge in [-0.05, 0) is 40.3 Å². The van der Waals surface area contributed by atoms with Crippen LogP contribution >= 0.6 is 11.6 Å². The first-order valence-electron chi connectivity index (χ1n) is 5.94. The Kier molecular flexibility index (Phi) is 3.54. The van der Waals surface area contributed by atoms with Gasteiger partial charge < -0.3 is 10.2 Å². The summed E-state index contributed by atoms with van der Waals surface area (Å²) in [4.78, 5) is 10.7. The second-order valence-corrected chi connectivity index (χ2v) is 5.34. The molecule has 0 unspecified atom stereocenters. The Balaban J connectivity index is 2.02. The van der Waals surface area contributed by atoms with Crippen LogP contribution in [0.15, 0.2) is 6.07 Å². The third kappa shape index (κ3) is 2.69. The van der Waals surface area contributed by atoms with Crippen molar-refractivity contribution in [1.29, 1.82) is 0 Å². The Labute approximate surface area is 107 Å². The van der Waals surface area contributed by atoms with Crippen molar-refractivity contribution < 1.29 is 0 Å². The van der Waals surface area contributed by atoms with Gasteiger partial charge in [-0.3, -0.25) is 0 Å². The minimum atomic E-state index is 0.283.